The molecule has 51 heavy (non-hydrogen) atoms. The second-order valence-corrected chi connectivity index (χ2v) is 14.0. The smallest absolute Gasteiger partial charge is 0.399 e. The minimum Gasteiger partial charge on any atom is -0.399 e. The van der Waals surface area contributed by atoms with E-state index in [0.717, 1.165) is 11.9 Å². The molecule has 2 saturated heterocycles. The van der Waals surface area contributed by atoms with Crippen molar-refractivity contribution >= 4 is 46.3 Å². The summed E-state index contributed by atoms with van der Waals surface area (Å²) in [6.07, 6.45) is -8.00. The Morgan fingerprint density at radius 1 is 0.863 bits per heavy atom. The van der Waals surface area contributed by atoms with Crippen LogP contribution in [0.2, 0.25) is 0 Å². The molecule has 3 amide bonds. The van der Waals surface area contributed by atoms with Crippen molar-refractivity contribution in [3.8, 4) is 0 Å². The largest absolute Gasteiger partial charge is 0.494 e. The molecule has 17 nitrogen and oxygen atoms in total. The second-order valence-electron chi connectivity index (χ2n) is 12.0. The maximum absolute atomic E-state index is 13.7. The number of hydroxylamine groups is 2. The predicted octanol–water partition coefficient (Wildman–Crippen LogP) is -3.52. The van der Waals surface area contributed by atoms with Crippen LogP contribution in [0.1, 0.15) is 40.5 Å². The average Bonchev–Trinajstić information content (AvgIpc) is 3.42. The molecule has 2 aliphatic rings. The number of sulfonamides is 1. The van der Waals surface area contributed by atoms with Gasteiger partial charge in [-0.1, -0.05) is 12.1 Å². The third-order valence-electron chi connectivity index (χ3n) is 8.07. The Hall–Kier alpha value is 4.20. The van der Waals surface area contributed by atoms with Crippen molar-refractivity contribution in [1.82, 2.24) is 14.3 Å². The van der Waals surface area contributed by atoms with Gasteiger partial charge in [0.05, 0.1) is 29.2 Å². The van der Waals surface area contributed by atoms with Gasteiger partial charge in [-0.2, -0.15) is 4.31 Å². The van der Waals surface area contributed by atoms with E-state index in [0.29, 0.717) is 9.77 Å². The van der Waals surface area contributed by atoms with Crippen LogP contribution in [0.4, 0.5) is 0 Å². The molecular formula is C27H40Ac5BN3O14S. The molecule has 3 rings (SSSR count). The zero-order valence-electron chi connectivity index (χ0n) is 29.0. The molecule has 271 valence electrons. The monoisotopic (exact) mass is 1810 g/mol. The van der Waals surface area contributed by atoms with Crippen molar-refractivity contribution in [3.05, 3.63) is 24.3 Å². The minimum absolute atomic E-state index is 0. The first kappa shape index (κ1) is 59.5. The molecule has 0 bridgehead atoms. The quantitative estimate of drug-likeness (QED) is 0.0898. The van der Waals surface area contributed by atoms with Crippen molar-refractivity contribution < 1.29 is 288 Å². The van der Waals surface area contributed by atoms with Gasteiger partial charge in [-0.25, -0.2) is 13.2 Å². The number of amides is 3. The van der Waals surface area contributed by atoms with E-state index in [4.69, 9.17) is 19.3 Å². The van der Waals surface area contributed by atoms with Crippen molar-refractivity contribution in [2.45, 2.75) is 81.1 Å². The normalized spacial score (nSPS) is 18.5. The molecule has 0 unspecified atom stereocenters. The SMILES string of the molecule is CN(C[C@@H](O)[C@H](O)[C@@H](O)[C@@H](O)CO)C(=O)CN(CC(=O)ON1C(=O)CCC1=O)S(=O)(=O)c1ccc(B2OC(C)(C)C(C)(C)O2)cc1.[Ac].[Ac].[Ac].[Ac].[Ac]. The van der Waals surface area contributed by atoms with Crippen LogP contribution in [0.15, 0.2) is 29.2 Å². The molecule has 4 atom stereocenters. The zero-order valence-corrected chi connectivity index (χ0v) is 53.5. The summed E-state index contributed by atoms with van der Waals surface area (Å²) in [5.74, 6) is -3.93. The molecule has 2 heterocycles. The minimum atomic E-state index is -4.64. The molecule has 0 saturated carbocycles. The fourth-order valence-electron chi connectivity index (χ4n) is 4.41. The molecule has 0 aliphatic carbocycles. The van der Waals surface area contributed by atoms with Crippen molar-refractivity contribution in [2.75, 3.05) is 33.3 Å². The molecule has 2 aliphatic heterocycles. The van der Waals surface area contributed by atoms with E-state index >= 15 is 0 Å². The Morgan fingerprint density at radius 3 is 1.76 bits per heavy atom. The summed E-state index contributed by atoms with van der Waals surface area (Å²) in [6.45, 7) is 3.70. The van der Waals surface area contributed by atoms with Crippen LogP contribution in [0.25, 0.3) is 0 Å². The standard InChI is InChI=1S/C27H40BN3O14S.5Ac/c1-26(2)27(3,4)45-28(44-26)16-6-8-17(9-7-16)46(41,42)30(14-23(38)43-31-20(35)10-11-21(31)36)13-22(37)29(5)12-18(33)24(39)25(40)19(34)15-32;;;;;/h6-9,18-19,24-25,32-34,39-40H,10-15H2,1-5H3;;;;;/t18-,19+,24+,25+;;;;;/m1...../s1. The van der Waals surface area contributed by atoms with Crippen LogP contribution in [-0.2, 0) is 43.3 Å². The topological polar surface area (TPSA) is 241 Å². The summed E-state index contributed by atoms with van der Waals surface area (Å²) in [7, 11) is -4.31. The van der Waals surface area contributed by atoms with Crippen LogP contribution in [0.5, 0.6) is 0 Å². The van der Waals surface area contributed by atoms with Gasteiger partial charge < -0.3 is 44.6 Å². The Kier molecular flexibility index (Phi) is 30.0. The van der Waals surface area contributed by atoms with Crippen LogP contribution >= 0.6 is 0 Å². The summed E-state index contributed by atoms with van der Waals surface area (Å²) >= 11 is 0. The fourth-order valence-corrected chi connectivity index (χ4v) is 5.74. The van der Waals surface area contributed by atoms with Gasteiger partial charge in [-0.05, 0) is 45.3 Å². The number of likely N-dealkylation sites (N-methyl/N-ethyl adjacent to an activating group) is 1. The third-order valence-corrected chi connectivity index (χ3v) is 9.88. The number of carbonyl (C=O) groups is 4. The van der Waals surface area contributed by atoms with Gasteiger partial charge in [0, 0.05) is 247 Å². The molecule has 2 fully saturated rings. The van der Waals surface area contributed by atoms with Gasteiger partial charge >= 0.3 is 13.1 Å². The Morgan fingerprint density at radius 2 is 1.31 bits per heavy atom. The first-order valence-electron chi connectivity index (χ1n) is 14.3. The Labute approximate surface area is 476 Å². The summed E-state index contributed by atoms with van der Waals surface area (Å²) in [4.78, 5) is 54.9. The van der Waals surface area contributed by atoms with Crippen LogP contribution in [0.3, 0.4) is 0 Å². The maximum atomic E-state index is 13.7. The van der Waals surface area contributed by atoms with E-state index < -0.39 is 103 Å². The molecule has 1 aromatic carbocycles. The number of nitrogens with zero attached hydrogens (tertiary/aromatic N) is 3. The average molecular weight is 1810 g/mol. The second kappa shape index (κ2) is 25.7. The molecule has 0 aromatic heterocycles. The van der Waals surface area contributed by atoms with E-state index in [9.17, 15) is 48.0 Å². The third kappa shape index (κ3) is 16.0. The summed E-state index contributed by atoms with van der Waals surface area (Å²) in [6, 6.07) is 5.29. The van der Waals surface area contributed by atoms with E-state index in [1.165, 1.54) is 24.3 Å². The first-order valence-corrected chi connectivity index (χ1v) is 15.7. The summed E-state index contributed by atoms with van der Waals surface area (Å²) < 4.78 is 39.9. The number of carbonyl (C=O) groups excluding carboxylic acids is 4. The number of aliphatic hydroxyl groups excluding tert-OH is 5. The van der Waals surface area contributed by atoms with Gasteiger partial charge in [0.25, 0.3) is 11.8 Å². The number of hydrogen-bond donors (Lipinski definition) is 5. The number of rotatable bonds is 14. The van der Waals surface area contributed by atoms with E-state index in [-0.39, 0.29) is 243 Å². The number of hydrogen-bond acceptors (Lipinski definition) is 14. The van der Waals surface area contributed by atoms with Crippen molar-refractivity contribution in [1.29, 1.82) is 0 Å². The Balaban J connectivity index is -0.00000461. The number of imide groups is 1. The molecule has 1 aromatic rings. The molecule has 0 spiro atoms. The fraction of sp³-hybridized carbons (Fsp3) is 0.630. The van der Waals surface area contributed by atoms with E-state index in [1.807, 2.05) is 27.7 Å². The van der Waals surface area contributed by atoms with E-state index in [1.54, 1.807) is 0 Å². The number of benzene rings is 1. The van der Waals surface area contributed by atoms with Crippen LogP contribution < -0.4 is 5.46 Å². The summed E-state index contributed by atoms with van der Waals surface area (Å²) in [5, 5.41) is 48.9. The zero-order chi connectivity index (χ0) is 34.8. The number of aliphatic hydroxyl groups is 5. The van der Waals surface area contributed by atoms with Gasteiger partial charge in [-0.3, -0.25) is 14.4 Å². The summed E-state index contributed by atoms with van der Waals surface area (Å²) in [5.41, 5.74) is -0.832. The molecule has 5 radical (unpaired) electrons. The molecular weight excluding hydrogens is 1770 g/mol. The maximum Gasteiger partial charge on any atom is 0.494 e. The van der Waals surface area contributed by atoms with Gasteiger partial charge in [-0.15, -0.1) is 5.06 Å². The van der Waals surface area contributed by atoms with Gasteiger partial charge in [0.2, 0.25) is 15.9 Å². The van der Waals surface area contributed by atoms with Gasteiger partial charge in [0.1, 0.15) is 31.0 Å². The van der Waals surface area contributed by atoms with Crippen LogP contribution in [0, 0.1) is 220 Å². The van der Waals surface area contributed by atoms with Crippen molar-refractivity contribution in [3.63, 3.8) is 0 Å². The van der Waals surface area contributed by atoms with Crippen LogP contribution in [-0.4, -0.2) is 148 Å². The van der Waals surface area contributed by atoms with E-state index in [2.05, 4.69) is 0 Å². The molecule has 24 heteroatoms. The first-order chi connectivity index (χ1) is 21.2. The van der Waals surface area contributed by atoms with Gasteiger partial charge in [0.15, 0.2) is 0 Å². The Bertz CT molecular complexity index is 1400. The van der Waals surface area contributed by atoms with Crippen molar-refractivity contribution in [2.24, 2.45) is 0 Å². The molecule has 5 N–H and O–H groups in total. The predicted molar refractivity (Wildman–Crippen MR) is 157 cm³/mol.